The number of hydrogen-bond donors (Lipinski definition) is 3. The van der Waals surface area contributed by atoms with Crippen LogP contribution in [0.5, 0.6) is 23.0 Å². The van der Waals surface area contributed by atoms with E-state index in [9.17, 15) is 33.6 Å². The van der Waals surface area contributed by atoms with Crippen LogP contribution in [0, 0.1) is 10.8 Å². The Bertz CT molecular complexity index is 3050. The molecule has 20 nitrogen and oxygen atoms in total. The molecule has 4 atom stereocenters. The van der Waals surface area contributed by atoms with Gasteiger partial charge in [0.2, 0.25) is 5.91 Å². The van der Waals surface area contributed by atoms with E-state index in [0.29, 0.717) is 49.2 Å². The maximum absolute atomic E-state index is 13.8. The maximum atomic E-state index is 13.8. The summed E-state index contributed by atoms with van der Waals surface area (Å²) in [5.41, 5.74) is -2.82. The Morgan fingerprint density at radius 2 is 1.47 bits per heavy atom. The lowest BCUT2D eigenvalue weighted by atomic mass is 9.77. The molecule has 3 aromatic carbocycles. The summed E-state index contributed by atoms with van der Waals surface area (Å²) in [4.78, 5) is 98.5. The minimum absolute atomic E-state index is 0.0522. The van der Waals surface area contributed by atoms with Crippen LogP contribution in [-0.4, -0.2) is 94.3 Å². The number of H-pyrrole nitrogens is 1. The lowest BCUT2D eigenvalue weighted by molar-refractivity contribution is -0.143. The van der Waals surface area contributed by atoms with Gasteiger partial charge in [-0.25, -0.2) is 14.3 Å². The number of carbonyl (C=O) groups is 5. The first kappa shape index (κ1) is 58.2. The SMILES string of the molecule is [2H]CC1OC(n2cc(/C=C/C(=O)NCCCCCCNC(=O)c3ccc4c(c3)C3(OC4=O)c4ccc(OC(=O)C(C)(C)C)cc4Oc4cc(OC(=O)C(C)(C)C)ccc43)c(=O)[nH]c2=O)CC1OP(OC=NCC)N(C(C)C)C(C)C. The summed E-state index contributed by atoms with van der Waals surface area (Å²) in [5, 5.41) is 5.78. The molecule has 0 radical (unpaired) electrons. The van der Waals surface area contributed by atoms with Crippen molar-refractivity contribution in [2.75, 3.05) is 19.6 Å². The molecule has 4 unspecified atom stereocenters. The summed E-state index contributed by atoms with van der Waals surface area (Å²) in [6.07, 6.45) is 6.03. The summed E-state index contributed by atoms with van der Waals surface area (Å²) in [6.45, 7) is 21.5. The minimum Gasteiger partial charge on any atom is -0.456 e. The van der Waals surface area contributed by atoms with E-state index in [2.05, 4.69) is 25.3 Å². The molecule has 424 valence electrons. The molecule has 1 saturated heterocycles. The van der Waals surface area contributed by atoms with E-state index in [1.54, 1.807) is 84.0 Å². The van der Waals surface area contributed by atoms with Crippen LogP contribution in [0.15, 0.2) is 81.5 Å². The van der Waals surface area contributed by atoms with Gasteiger partial charge < -0.3 is 43.4 Å². The number of aliphatic imine (C=N–C) groups is 1. The van der Waals surface area contributed by atoms with Crippen LogP contribution in [0.25, 0.3) is 6.08 Å². The van der Waals surface area contributed by atoms with Crippen LogP contribution in [0.2, 0.25) is 0 Å². The van der Waals surface area contributed by atoms with Crippen molar-refractivity contribution in [3.63, 3.8) is 0 Å². The number of benzene rings is 3. The topological polar surface area (TPSA) is 244 Å². The van der Waals surface area contributed by atoms with Gasteiger partial charge in [-0.2, -0.15) is 0 Å². The Labute approximate surface area is 462 Å². The van der Waals surface area contributed by atoms with Crippen molar-refractivity contribution in [3.8, 4) is 23.0 Å². The third-order valence-electron chi connectivity index (χ3n) is 13.1. The second-order valence-electron chi connectivity index (χ2n) is 22.1. The highest BCUT2D eigenvalue weighted by atomic mass is 31.2. The maximum Gasteiger partial charge on any atom is 0.340 e. The van der Waals surface area contributed by atoms with Crippen LogP contribution in [0.1, 0.15) is 166 Å². The average Bonchev–Trinajstić information content (AvgIpc) is 3.57. The summed E-state index contributed by atoms with van der Waals surface area (Å²) < 4.78 is 54.2. The molecular formula is C58H73N6O14P. The van der Waals surface area contributed by atoms with Crippen LogP contribution < -0.4 is 36.1 Å². The number of hydrogen-bond acceptors (Lipinski definition) is 16. The van der Waals surface area contributed by atoms with Gasteiger partial charge in [0.15, 0.2) is 12.0 Å². The molecule has 0 saturated carbocycles. The molecule has 21 heteroatoms. The van der Waals surface area contributed by atoms with Crippen molar-refractivity contribution in [2.24, 2.45) is 15.8 Å². The monoisotopic (exact) mass is 1110 g/mol. The molecule has 0 bridgehead atoms. The van der Waals surface area contributed by atoms with E-state index in [-0.39, 0.29) is 71.0 Å². The molecule has 3 aliphatic rings. The highest BCUT2D eigenvalue weighted by Gasteiger charge is 2.54. The van der Waals surface area contributed by atoms with Crippen LogP contribution >= 0.6 is 8.53 Å². The smallest absolute Gasteiger partial charge is 0.340 e. The number of amides is 2. The predicted octanol–water partition coefficient (Wildman–Crippen LogP) is 9.23. The largest absolute Gasteiger partial charge is 0.456 e. The normalized spacial score (nSPS) is 18.0. The first-order valence-electron chi connectivity index (χ1n) is 27.3. The molecule has 3 aliphatic heterocycles. The lowest BCUT2D eigenvalue weighted by Crippen LogP contribution is -2.35. The Hall–Kier alpha value is -6.99. The van der Waals surface area contributed by atoms with Crippen molar-refractivity contribution in [1.82, 2.24) is 24.9 Å². The number of unbranched alkanes of at least 4 members (excludes halogenated alkanes) is 3. The third-order valence-corrected chi connectivity index (χ3v) is 15.1. The molecule has 1 fully saturated rings. The Morgan fingerprint density at radius 3 is 2.04 bits per heavy atom. The molecule has 1 aromatic heterocycles. The predicted molar refractivity (Wildman–Crippen MR) is 297 cm³/mol. The van der Waals surface area contributed by atoms with E-state index in [4.69, 9.17) is 34.1 Å². The third kappa shape index (κ3) is 13.9. The molecule has 79 heavy (non-hydrogen) atoms. The highest BCUT2D eigenvalue weighted by Crippen LogP contribution is 2.57. The summed E-state index contributed by atoms with van der Waals surface area (Å²) in [7, 11) is -1.65. The summed E-state index contributed by atoms with van der Waals surface area (Å²) >= 11 is 0. The summed E-state index contributed by atoms with van der Waals surface area (Å²) in [5.74, 6) is -1.59. The van der Waals surface area contributed by atoms with Gasteiger partial charge in [-0.15, -0.1) is 0 Å². The van der Waals surface area contributed by atoms with Gasteiger partial charge in [-0.1, -0.05) is 12.8 Å². The molecule has 4 aromatic rings. The number of fused-ring (bicyclic) bond motifs is 6. The van der Waals surface area contributed by atoms with E-state index in [1.165, 1.54) is 41.4 Å². The van der Waals surface area contributed by atoms with Gasteiger partial charge in [0, 0.05) is 86.2 Å². The van der Waals surface area contributed by atoms with E-state index >= 15 is 0 Å². The average molecular weight is 1110 g/mol. The number of aromatic nitrogens is 2. The first-order chi connectivity index (χ1) is 37.9. The molecule has 3 N–H and O–H groups in total. The van der Waals surface area contributed by atoms with E-state index < -0.39 is 78.5 Å². The van der Waals surface area contributed by atoms with Gasteiger partial charge in [0.1, 0.15) is 29.2 Å². The van der Waals surface area contributed by atoms with E-state index in [1.807, 2.05) is 34.6 Å². The fourth-order valence-electron chi connectivity index (χ4n) is 9.00. The Morgan fingerprint density at radius 1 is 0.861 bits per heavy atom. The van der Waals surface area contributed by atoms with Crippen LogP contribution in [0.3, 0.4) is 0 Å². The zero-order chi connectivity index (χ0) is 58.3. The van der Waals surface area contributed by atoms with Gasteiger partial charge in [-0.05, 0) is 144 Å². The van der Waals surface area contributed by atoms with Gasteiger partial charge in [-0.3, -0.25) is 38.5 Å². The second-order valence-corrected chi connectivity index (χ2v) is 23.5. The standard InChI is InChI=1S/C58H73N6O14P/c1-13-59-33-72-79(64(34(2)3)35(4)5)78-45-31-49(73-36(45)6)63-32-38(51(67)62-55(63)71)19-25-48(65)60-26-16-14-15-17-27-61-50(66)37-18-22-41-44(28-37)58(77-52(41)68)42-23-20-39(74-53(69)56(7,8)9)29-46(42)76-47-30-40(21-24-43(47)58)75-54(70)57(10,11)12/h18-25,28-30,32-36,45,49H,13-17,26-27,31H2,1-12H3,(H,60,65)(H,61,66)(H,62,67,71)/b25-19+,59-33?/i6D. The number of ether oxygens (including phenoxy) is 5. The Balaban J connectivity index is 0.939. The van der Waals surface area contributed by atoms with Crippen molar-refractivity contribution >= 4 is 50.7 Å². The van der Waals surface area contributed by atoms with Crippen molar-refractivity contribution in [3.05, 3.63) is 121 Å². The lowest BCUT2D eigenvalue weighted by Gasteiger charge is -2.37. The molecule has 2 amide bonds. The number of carbonyl (C=O) groups excluding carboxylic acids is 5. The molecule has 4 heterocycles. The van der Waals surface area contributed by atoms with Gasteiger partial charge >= 0.3 is 32.1 Å². The minimum atomic E-state index is -1.65. The van der Waals surface area contributed by atoms with Crippen molar-refractivity contribution in [2.45, 2.75) is 151 Å². The molecular weight excluding hydrogens is 1040 g/mol. The summed E-state index contributed by atoms with van der Waals surface area (Å²) in [6, 6.07) is 14.4. The molecule has 7 rings (SSSR count). The first-order valence-corrected chi connectivity index (χ1v) is 27.7. The van der Waals surface area contributed by atoms with Gasteiger partial charge in [0.25, 0.3) is 11.5 Å². The molecule has 1 spiro atoms. The van der Waals surface area contributed by atoms with Crippen molar-refractivity contribution in [1.29, 1.82) is 0 Å². The van der Waals surface area contributed by atoms with Gasteiger partial charge in [0.05, 0.1) is 34.2 Å². The fourth-order valence-corrected chi connectivity index (χ4v) is 10.6. The number of esters is 3. The molecule has 0 aliphatic carbocycles. The highest BCUT2D eigenvalue weighted by molar-refractivity contribution is 7.45. The number of nitrogens with one attached hydrogen (secondary N) is 3. The van der Waals surface area contributed by atoms with E-state index in [0.717, 1.165) is 12.8 Å². The Kier molecular flexibility index (Phi) is 18.4. The second kappa shape index (κ2) is 25.0. The zero-order valence-electron chi connectivity index (χ0n) is 47.8. The zero-order valence-corrected chi connectivity index (χ0v) is 47.7. The fraction of sp³-hybridized carbons (Fsp3) is 0.483. The number of nitrogens with zero attached hydrogens (tertiary/aromatic N) is 3. The quantitative estimate of drug-likeness (QED) is 0.0134. The number of rotatable bonds is 21. The number of aromatic amines is 1. The van der Waals surface area contributed by atoms with Crippen LogP contribution in [-0.2, 0) is 38.5 Å². The van der Waals surface area contributed by atoms with Crippen molar-refractivity contribution < 1.29 is 58.1 Å². The van der Waals surface area contributed by atoms with Crippen LogP contribution in [0.4, 0.5) is 0 Å².